The van der Waals surface area contributed by atoms with Gasteiger partial charge in [-0.25, -0.2) is 9.97 Å². The van der Waals surface area contributed by atoms with E-state index in [1.165, 1.54) is 29.2 Å². The first kappa shape index (κ1) is 18.6. The smallest absolute Gasteiger partial charge is 0.263 e. The van der Waals surface area contributed by atoms with Gasteiger partial charge in [0.05, 0.1) is 11.1 Å². The number of nitrogens with one attached hydrogen (secondary N) is 1. The first-order valence-electron chi connectivity index (χ1n) is 8.98. The maximum absolute atomic E-state index is 12.7. The lowest BCUT2D eigenvalue weighted by molar-refractivity contribution is -0.119. The van der Waals surface area contributed by atoms with Gasteiger partial charge in [-0.05, 0) is 30.9 Å². The van der Waals surface area contributed by atoms with Crippen molar-refractivity contribution in [1.82, 2.24) is 19.9 Å². The second kappa shape index (κ2) is 8.49. The minimum atomic E-state index is -0.160. The Morgan fingerprint density at radius 3 is 3.04 bits per heavy atom. The van der Waals surface area contributed by atoms with E-state index in [1.54, 1.807) is 24.4 Å². The standard InChI is InChI=1S/C19H24N4O2S/c1-3-11-23-18(25)14-8-6-10-20-17(14)22-19(23)26-12-16(24)21-15-9-5-4-7-13(15)2/h3,6,8,10,13,15H,1,4-5,7,9,11-12H2,2H3,(H,21,24). The van der Waals surface area contributed by atoms with E-state index in [1.807, 2.05) is 0 Å². The van der Waals surface area contributed by atoms with Crippen molar-refractivity contribution < 1.29 is 4.79 Å². The number of hydrogen-bond donors (Lipinski definition) is 1. The van der Waals surface area contributed by atoms with E-state index in [0.717, 1.165) is 12.8 Å². The molecule has 2 atom stereocenters. The molecule has 0 saturated heterocycles. The van der Waals surface area contributed by atoms with Gasteiger partial charge in [0.25, 0.3) is 5.56 Å². The van der Waals surface area contributed by atoms with Crippen LogP contribution in [0.15, 0.2) is 40.9 Å². The highest BCUT2D eigenvalue weighted by Gasteiger charge is 2.23. The monoisotopic (exact) mass is 372 g/mol. The molecule has 2 heterocycles. The average molecular weight is 372 g/mol. The molecule has 1 saturated carbocycles. The van der Waals surface area contributed by atoms with Crippen LogP contribution in [0.2, 0.25) is 0 Å². The third-order valence-electron chi connectivity index (χ3n) is 4.80. The molecule has 1 aliphatic carbocycles. The summed E-state index contributed by atoms with van der Waals surface area (Å²) in [6.45, 7) is 6.25. The van der Waals surface area contributed by atoms with Gasteiger partial charge in [-0.3, -0.25) is 14.2 Å². The Labute approximate surface area is 157 Å². The van der Waals surface area contributed by atoms with Crippen LogP contribution in [-0.2, 0) is 11.3 Å². The second-order valence-corrected chi connectivity index (χ2v) is 7.64. The van der Waals surface area contributed by atoms with Gasteiger partial charge in [-0.1, -0.05) is 37.6 Å². The average Bonchev–Trinajstić information content (AvgIpc) is 2.64. The summed E-state index contributed by atoms with van der Waals surface area (Å²) >= 11 is 1.27. The Hall–Kier alpha value is -2.15. The van der Waals surface area contributed by atoms with Crippen molar-refractivity contribution in [2.45, 2.75) is 50.4 Å². The summed E-state index contributed by atoms with van der Waals surface area (Å²) < 4.78 is 1.54. The molecule has 0 radical (unpaired) electrons. The van der Waals surface area contributed by atoms with Crippen molar-refractivity contribution >= 4 is 28.7 Å². The zero-order valence-corrected chi connectivity index (χ0v) is 15.8. The van der Waals surface area contributed by atoms with E-state index >= 15 is 0 Å². The molecule has 1 N–H and O–H groups in total. The Morgan fingerprint density at radius 1 is 1.46 bits per heavy atom. The molecule has 1 fully saturated rings. The lowest BCUT2D eigenvalue weighted by Gasteiger charge is -2.29. The summed E-state index contributed by atoms with van der Waals surface area (Å²) in [5.41, 5.74) is 0.244. The number of carbonyl (C=O) groups excluding carboxylic acids is 1. The van der Waals surface area contributed by atoms with E-state index < -0.39 is 0 Å². The van der Waals surface area contributed by atoms with Crippen LogP contribution >= 0.6 is 11.8 Å². The van der Waals surface area contributed by atoms with Gasteiger partial charge in [-0.15, -0.1) is 6.58 Å². The number of allylic oxidation sites excluding steroid dienone is 1. The van der Waals surface area contributed by atoms with Crippen LogP contribution in [0.5, 0.6) is 0 Å². The van der Waals surface area contributed by atoms with Crippen LogP contribution in [0, 0.1) is 5.92 Å². The molecular weight excluding hydrogens is 348 g/mol. The number of rotatable bonds is 6. The number of carbonyl (C=O) groups is 1. The molecule has 0 bridgehead atoms. The maximum atomic E-state index is 12.7. The van der Waals surface area contributed by atoms with Gasteiger partial charge >= 0.3 is 0 Å². The van der Waals surface area contributed by atoms with Crippen molar-refractivity contribution in [3.63, 3.8) is 0 Å². The molecule has 2 aromatic heterocycles. The van der Waals surface area contributed by atoms with E-state index in [0.29, 0.717) is 28.7 Å². The molecule has 3 rings (SSSR count). The normalized spacial score (nSPS) is 20.0. The third kappa shape index (κ3) is 4.15. The largest absolute Gasteiger partial charge is 0.352 e. The lowest BCUT2D eigenvalue weighted by atomic mass is 9.86. The number of hydrogen-bond acceptors (Lipinski definition) is 5. The van der Waals surface area contributed by atoms with Crippen LogP contribution in [0.4, 0.5) is 0 Å². The van der Waals surface area contributed by atoms with Gasteiger partial charge in [0.2, 0.25) is 5.91 Å². The van der Waals surface area contributed by atoms with E-state index in [9.17, 15) is 9.59 Å². The molecule has 1 aliphatic rings. The fourth-order valence-corrected chi connectivity index (χ4v) is 4.15. The van der Waals surface area contributed by atoms with Gasteiger partial charge in [-0.2, -0.15) is 0 Å². The first-order valence-corrected chi connectivity index (χ1v) is 9.97. The third-order valence-corrected chi connectivity index (χ3v) is 5.77. The molecule has 2 aromatic rings. The zero-order valence-electron chi connectivity index (χ0n) is 15.0. The lowest BCUT2D eigenvalue weighted by Crippen LogP contribution is -2.41. The summed E-state index contributed by atoms with van der Waals surface area (Å²) in [4.78, 5) is 33.7. The van der Waals surface area contributed by atoms with E-state index in [4.69, 9.17) is 0 Å². The summed E-state index contributed by atoms with van der Waals surface area (Å²) in [6.07, 6.45) is 7.87. The highest BCUT2D eigenvalue weighted by molar-refractivity contribution is 7.99. The van der Waals surface area contributed by atoms with Crippen LogP contribution in [0.3, 0.4) is 0 Å². The second-order valence-electron chi connectivity index (χ2n) is 6.70. The number of pyridine rings is 1. The van der Waals surface area contributed by atoms with Crippen LogP contribution in [0.1, 0.15) is 32.6 Å². The summed E-state index contributed by atoms with van der Waals surface area (Å²) in [7, 11) is 0. The molecule has 7 heteroatoms. The molecule has 2 unspecified atom stereocenters. The number of fused-ring (bicyclic) bond motifs is 1. The fourth-order valence-electron chi connectivity index (χ4n) is 3.35. The molecule has 0 aliphatic heterocycles. The molecule has 6 nitrogen and oxygen atoms in total. The van der Waals surface area contributed by atoms with Gasteiger partial charge < -0.3 is 5.32 Å². The predicted octanol–water partition coefficient (Wildman–Crippen LogP) is 2.76. The first-order chi connectivity index (χ1) is 12.6. The van der Waals surface area contributed by atoms with Gasteiger partial charge in [0, 0.05) is 18.8 Å². The van der Waals surface area contributed by atoms with Crippen molar-refractivity contribution in [3.8, 4) is 0 Å². The Morgan fingerprint density at radius 2 is 2.27 bits per heavy atom. The SMILES string of the molecule is C=CCn1c(SCC(=O)NC2CCCCC2C)nc2ncccc2c1=O. The van der Waals surface area contributed by atoms with Crippen molar-refractivity contribution in [2.24, 2.45) is 5.92 Å². The molecule has 26 heavy (non-hydrogen) atoms. The Balaban J connectivity index is 1.75. The Kier molecular flexibility index (Phi) is 6.08. The van der Waals surface area contributed by atoms with E-state index in [2.05, 4.69) is 28.8 Å². The highest BCUT2D eigenvalue weighted by atomic mass is 32.2. The van der Waals surface area contributed by atoms with Gasteiger partial charge in [0.15, 0.2) is 10.8 Å². The highest BCUT2D eigenvalue weighted by Crippen LogP contribution is 2.24. The number of amides is 1. The maximum Gasteiger partial charge on any atom is 0.263 e. The molecular formula is C19H24N4O2S. The molecule has 0 spiro atoms. The van der Waals surface area contributed by atoms with Crippen molar-refractivity contribution in [1.29, 1.82) is 0 Å². The van der Waals surface area contributed by atoms with E-state index in [-0.39, 0.29) is 23.3 Å². The van der Waals surface area contributed by atoms with Gasteiger partial charge in [0.1, 0.15) is 0 Å². The van der Waals surface area contributed by atoms with Crippen molar-refractivity contribution in [3.05, 3.63) is 41.3 Å². The van der Waals surface area contributed by atoms with Crippen LogP contribution in [-0.4, -0.2) is 32.2 Å². The van der Waals surface area contributed by atoms with Crippen molar-refractivity contribution in [2.75, 3.05) is 5.75 Å². The quantitative estimate of drug-likeness (QED) is 0.479. The topological polar surface area (TPSA) is 76.9 Å². The molecule has 138 valence electrons. The minimum absolute atomic E-state index is 0.0192. The number of aromatic nitrogens is 3. The molecule has 1 amide bonds. The minimum Gasteiger partial charge on any atom is -0.352 e. The summed E-state index contributed by atoms with van der Waals surface area (Å²) in [6, 6.07) is 3.68. The fraction of sp³-hybridized carbons (Fsp3) is 0.474. The van der Waals surface area contributed by atoms with Crippen LogP contribution in [0.25, 0.3) is 11.0 Å². The number of nitrogens with zero attached hydrogens (tertiary/aromatic N) is 3. The summed E-state index contributed by atoms with van der Waals surface area (Å²) in [5, 5.41) is 4.10. The number of thioether (sulfide) groups is 1. The Bertz CT molecular complexity index is 864. The van der Waals surface area contributed by atoms with Crippen LogP contribution < -0.4 is 10.9 Å². The molecule has 0 aromatic carbocycles. The zero-order chi connectivity index (χ0) is 18.5. The predicted molar refractivity (Wildman–Crippen MR) is 104 cm³/mol. The summed E-state index contributed by atoms with van der Waals surface area (Å²) in [5.74, 6) is 0.722.